The van der Waals surface area contributed by atoms with E-state index in [0.717, 1.165) is 6.42 Å². The van der Waals surface area contributed by atoms with Gasteiger partial charge in [0, 0.05) is 38.2 Å². The van der Waals surface area contributed by atoms with Crippen LogP contribution in [0.3, 0.4) is 0 Å². The topological polar surface area (TPSA) is 85.4 Å². The summed E-state index contributed by atoms with van der Waals surface area (Å²) in [5, 5.41) is 5.83. The summed E-state index contributed by atoms with van der Waals surface area (Å²) in [4.78, 5) is 20.5. The lowest BCUT2D eigenvalue weighted by atomic mass is 10.3. The average Bonchev–Trinajstić information content (AvgIpc) is 2.59. The van der Waals surface area contributed by atoms with Crippen molar-refractivity contribution in [1.29, 1.82) is 0 Å². The molecule has 0 aliphatic rings. The second-order valence-electron chi connectivity index (χ2n) is 4.72. The van der Waals surface area contributed by atoms with Gasteiger partial charge in [-0.25, -0.2) is 9.97 Å². The van der Waals surface area contributed by atoms with Gasteiger partial charge in [0.25, 0.3) is 5.91 Å². The molecule has 0 saturated carbocycles. The molecule has 0 bridgehead atoms. The summed E-state index contributed by atoms with van der Waals surface area (Å²) in [5.74, 6) is 0.783. The van der Waals surface area contributed by atoms with Crippen LogP contribution in [-0.2, 0) is 4.74 Å². The standard InChI is InChI=1S/C16H20N4O3/c1-22-10-4-8-17-16-18-9-7-14(20-16)15(21)19-12-5-3-6-13(11-12)23-2/h3,5-7,9,11H,4,8,10H2,1-2H3,(H,19,21)(H,17,18,20). The van der Waals surface area contributed by atoms with Crippen molar-refractivity contribution in [2.75, 3.05) is 38.0 Å². The molecular weight excluding hydrogens is 296 g/mol. The minimum Gasteiger partial charge on any atom is -0.497 e. The maximum absolute atomic E-state index is 12.3. The van der Waals surface area contributed by atoms with Crippen molar-refractivity contribution in [1.82, 2.24) is 9.97 Å². The molecule has 1 aromatic carbocycles. The van der Waals surface area contributed by atoms with E-state index in [4.69, 9.17) is 9.47 Å². The van der Waals surface area contributed by atoms with Crippen LogP contribution in [0.1, 0.15) is 16.9 Å². The van der Waals surface area contributed by atoms with Gasteiger partial charge < -0.3 is 20.1 Å². The first kappa shape index (κ1) is 16.7. The molecule has 0 fully saturated rings. The third-order valence-corrected chi connectivity index (χ3v) is 3.02. The number of nitrogens with zero attached hydrogens (tertiary/aromatic N) is 2. The van der Waals surface area contributed by atoms with Crippen molar-refractivity contribution in [2.45, 2.75) is 6.42 Å². The summed E-state index contributed by atoms with van der Waals surface area (Å²) < 4.78 is 10.1. The molecule has 0 aliphatic heterocycles. The number of benzene rings is 1. The fourth-order valence-corrected chi connectivity index (χ4v) is 1.88. The second-order valence-corrected chi connectivity index (χ2v) is 4.72. The molecule has 2 N–H and O–H groups in total. The van der Waals surface area contributed by atoms with E-state index in [2.05, 4.69) is 20.6 Å². The van der Waals surface area contributed by atoms with Crippen LogP contribution >= 0.6 is 0 Å². The zero-order valence-corrected chi connectivity index (χ0v) is 13.2. The molecule has 0 radical (unpaired) electrons. The van der Waals surface area contributed by atoms with E-state index in [1.165, 1.54) is 0 Å². The Kier molecular flexibility index (Phi) is 6.31. The maximum Gasteiger partial charge on any atom is 0.274 e. The highest BCUT2D eigenvalue weighted by atomic mass is 16.5. The second kappa shape index (κ2) is 8.70. The molecule has 2 aromatic rings. The fourth-order valence-electron chi connectivity index (χ4n) is 1.88. The van der Waals surface area contributed by atoms with Gasteiger partial charge in [0.05, 0.1) is 7.11 Å². The van der Waals surface area contributed by atoms with E-state index < -0.39 is 0 Å². The molecule has 2 rings (SSSR count). The predicted octanol–water partition coefficient (Wildman–Crippen LogP) is 2.19. The number of amides is 1. The first-order chi connectivity index (χ1) is 11.2. The van der Waals surface area contributed by atoms with Crippen molar-refractivity contribution in [3.8, 4) is 5.75 Å². The Hall–Kier alpha value is -2.67. The number of rotatable bonds is 8. The predicted molar refractivity (Wildman–Crippen MR) is 88.0 cm³/mol. The molecule has 1 heterocycles. The van der Waals surface area contributed by atoms with Gasteiger partial charge in [-0.05, 0) is 24.6 Å². The molecule has 23 heavy (non-hydrogen) atoms. The van der Waals surface area contributed by atoms with Gasteiger partial charge in [-0.3, -0.25) is 4.79 Å². The summed E-state index contributed by atoms with van der Waals surface area (Å²) in [7, 11) is 3.23. The highest BCUT2D eigenvalue weighted by Gasteiger charge is 2.09. The molecule has 0 atom stereocenters. The van der Waals surface area contributed by atoms with Gasteiger partial charge in [-0.1, -0.05) is 6.07 Å². The molecule has 0 spiro atoms. The van der Waals surface area contributed by atoms with E-state index in [1.54, 1.807) is 44.7 Å². The third-order valence-electron chi connectivity index (χ3n) is 3.02. The zero-order chi connectivity index (χ0) is 16.5. The molecule has 0 unspecified atom stereocenters. The van der Waals surface area contributed by atoms with Crippen molar-refractivity contribution < 1.29 is 14.3 Å². The van der Waals surface area contributed by atoms with E-state index in [1.807, 2.05) is 6.07 Å². The van der Waals surface area contributed by atoms with Crippen molar-refractivity contribution in [2.24, 2.45) is 0 Å². The Morgan fingerprint density at radius 2 is 2.13 bits per heavy atom. The number of carbonyl (C=O) groups is 1. The minimum atomic E-state index is -0.305. The number of anilines is 2. The van der Waals surface area contributed by atoms with Gasteiger partial charge in [-0.15, -0.1) is 0 Å². The molecule has 1 amide bonds. The highest BCUT2D eigenvalue weighted by molar-refractivity contribution is 6.03. The van der Waals surface area contributed by atoms with Crippen molar-refractivity contribution in [3.05, 3.63) is 42.2 Å². The first-order valence-corrected chi connectivity index (χ1v) is 7.24. The molecule has 1 aromatic heterocycles. The summed E-state index contributed by atoms with van der Waals surface area (Å²) in [6.07, 6.45) is 2.38. The van der Waals surface area contributed by atoms with Crippen LogP contribution in [0, 0.1) is 0 Å². The first-order valence-electron chi connectivity index (χ1n) is 7.24. The Labute approximate surface area is 135 Å². The van der Waals surface area contributed by atoms with Crippen LogP contribution in [0.4, 0.5) is 11.6 Å². The Morgan fingerprint density at radius 3 is 2.91 bits per heavy atom. The van der Waals surface area contributed by atoms with Gasteiger partial charge >= 0.3 is 0 Å². The summed E-state index contributed by atoms with van der Waals surface area (Å²) in [6, 6.07) is 8.70. The summed E-state index contributed by atoms with van der Waals surface area (Å²) in [5.41, 5.74) is 0.930. The summed E-state index contributed by atoms with van der Waals surface area (Å²) in [6.45, 7) is 1.33. The SMILES string of the molecule is COCCCNc1nccc(C(=O)Nc2cccc(OC)c2)n1. The van der Waals surface area contributed by atoms with Crippen LogP contribution in [0.2, 0.25) is 0 Å². The Morgan fingerprint density at radius 1 is 1.26 bits per heavy atom. The number of methoxy groups -OCH3 is 2. The largest absolute Gasteiger partial charge is 0.497 e. The molecule has 0 aliphatic carbocycles. The Balaban J connectivity index is 1.98. The number of ether oxygens (including phenoxy) is 2. The van der Waals surface area contributed by atoms with Crippen LogP contribution in [0.15, 0.2) is 36.5 Å². The minimum absolute atomic E-state index is 0.289. The monoisotopic (exact) mass is 316 g/mol. The summed E-state index contributed by atoms with van der Waals surface area (Å²) >= 11 is 0. The number of aromatic nitrogens is 2. The number of carbonyl (C=O) groups excluding carboxylic acids is 1. The van der Waals surface area contributed by atoms with Gasteiger partial charge in [-0.2, -0.15) is 0 Å². The number of nitrogens with one attached hydrogen (secondary N) is 2. The molecule has 0 saturated heterocycles. The molecule has 122 valence electrons. The molecule has 7 nitrogen and oxygen atoms in total. The van der Waals surface area contributed by atoms with E-state index in [9.17, 15) is 4.79 Å². The van der Waals surface area contributed by atoms with E-state index in [-0.39, 0.29) is 11.6 Å². The smallest absolute Gasteiger partial charge is 0.274 e. The highest BCUT2D eigenvalue weighted by Crippen LogP contribution is 2.17. The van der Waals surface area contributed by atoms with Crippen LogP contribution in [0.25, 0.3) is 0 Å². The number of hydrogen-bond acceptors (Lipinski definition) is 6. The maximum atomic E-state index is 12.3. The number of hydrogen-bond donors (Lipinski definition) is 2. The van der Waals surface area contributed by atoms with Gasteiger partial charge in [0.15, 0.2) is 0 Å². The Bertz CT molecular complexity index is 649. The average molecular weight is 316 g/mol. The fraction of sp³-hybridized carbons (Fsp3) is 0.312. The van der Waals surface area contributed by atoms with Crippen molar-refractivity contribution in [3.63, 3.8) is 0 Å². The molecular formula is C16H20N4O3. The lowest BCUT2D eigenvalue weighted by Gasteiger charge is -2.08. The van der Waals surface area contributed by atoms with E-state index >= 15 is 0 Å². The molecule has 7 heteroatoms. The van der Waals surface area contributed by atoms with Crippen LogP contribution < -0.4 is 15.4 Å². The van der Waals surface area contributed by atoms with Crippen LogP contribution in [0.5, 0.6) is 5.75 Å². The quantitative estimate of drug-likeness (QED) is 0.726. The lowest BCUT2D eigenvalue weighted by Crippen LogP contribution is -2.16. The normalized spacial score (nSPS) is 10.2. The van der Waals surface area contributed by atoms with Crippen LogP contribution in [-0.4, -0.2) is 43.2 Å². The van der Waals surface area contributed by atoms with Crippen molar-refractivity contribution >= 4 is 17.5 Å². The van der Waals surface area contributed by atoms with Gasteiger partial charge in [0.1, 0.15) is 11.4 Å². The van der Waals surface area contributed by atoms with E-state index in [0.29, 0.717) is 30.5 Å². The zero-order valence-electron chi connectivity index (χ0n) is 13.2. The van der Waals surface area contributed by atoms with Gasteiger partial charge in [0.2, 0.25) is 5.95 Å². The lowest BCUT2D eigenvalue weighted by molar-refractivity contribution is 0.102. The third kappa shape index (κ3) is 5.23.